The van der Waals surface area contributed by atoms with E-state index in [2.05, 4.69) is 34.7 Å². The number of fused-ring (bicyclic) bond motifs is 1. The van der Waals surface area contributed by atoms with Gasteiger partial charge in [0.15, 0.2) is 0 Å². The summed E-state index contributed by atoms with van der Waals surface area (Å²) in [6.07, 6.45) is 0.983. The Hall–Kier alpha value is -2.69. The number of hydrogen-bond acceptors (Lipinski definition) is 3. The van der Waals surface area contributed by atoms with Gasteiger partial charge in [-0.1, -0.05) is 54.6 Å². The molecule has 0 saturated heterocycles. The van der Waals surface area contributed by atoms with Crippen molar-refractivity contribution in [2.45, 2.75) is 25.8 Å². The van der Waals surface area contributed by atoms with Crippen molar-refractivity contribution in [2.24, 2.45) is 0 Å². The Morgan fingerprint density at radius 3 is 2.65 bits per heavy atom. The van der Waals surface area contributed by atoms with Crippen LogP contribution in [0.3, 0.4) is 0 Å². The van der Waals surface area contributed by atoms with Gasteiger partial charge in [0.25, 0.3) is 0 Å². The molecule has 1 atom stereocenters. The first-order valence-corrected chi connectivity index (χ1v) is 7.87. The molecule has 0 bridgehead atoms. The highest BCUT2D eigenvalue weighted by Crippen LogP contribution is 2.18. The summed E-state index contributed by atoms with van der Waals surface area (Å²) in [4.78, 5) is 12.2. The number of para-hydroxylation sites is 1. The molecule has 1 aromatic heterocycles. The van der Waals surface area contributed by atoms with E-state index in [9.17, 15) is 4.79 Å². The number of aromatic nitrogens is 3. The smallest absolute Gasteiger partial charge is 0.241 e. The highest BCUT2D eigenvalue weighted by Gasteiger charge is 2.12. The molecule has 5 heteroatoms. The van der Waals surface area contributed by atoms with E-state index < -0.39 is 0 Å². The number of hydrogen-bond donors (Lipinski definition) is 1. The second kappa shape index (κ2) is 7.05. The lowest BCUT2D eigenvalue weighted by atomic mass is 9.96. The molecular weight excluding hydrogens is 288 g/mol. The summed E-state index contributed by atoms with van der Waals surface area (Å²) in [5, 5.41) is 11.1. The second-order valence-electron chi connectivity index (χ2n) is 5.56. The van der Waals surface area contributed by atoms with Gasteiger partial charge in [-0.3, -0.25) is 4.79 Å². The molecule has 118 valence electrons. The Morgan fingerprint density at radius 1 is 1.13 bits per heavy atom. The molecule has 1 amide bonds. The molecule has 0 aliphatic heterocycles. The Bertz CT molecular complexity index is 782. The Labute approximate surface area is 135 Å². The van der Waals surface area contributed by atoms with E-state index in [1.165, 1.54) is 5.56 Å². The summed E-state index contributed by atoms with van der Waals surface area (Å²) < 4.78 is 1.63. The van der Waals surface area contributed by atoms with Crippen molar-refractivity contribution in [1.82, 2.24) is 20.3 Å². The Balaban J connectivity index is 1.61. The molecule has 0 aliphatic carbocycles. The van der Waals surface area contributed by atoms with Crippen molar-refractivity contribution in [1.29, 1.82) is 0 Å². The average Bonchev–Trinajstić information content (AvgIpc) is 2.99. The molecule has 3 aromatic rings. The fourth-order valence-electron chi connectivity index (χ4n) is 2.69. The molecule has 5 nitrogen and oxygen atoms in total. The third kappa shape index (κ3) is 3.56. The quantitative estimate of drug-likeness (QED) is 0.761. The van der Waals surface area contributed by atoms with Gasteiger partial charge in [0, 0.05) is 12.5 Å². The number of carbonyl (C=O) groups is 1. The van der Waals surface area contributed by atoms with E-state index in [1.54, 1.807) is 4.68 Å². The van der Waals surface area contributed by atoms with Crippen LogP contribution in [0.2, 0.25) is 0 Å². The monoisotopic (exact) mass is 308 g/mol. The lowest BCUT2D eigenvalue weighted by molar-refractivity contribution is -0.121. The van der Waals surface area contributed by atoms with Crippen molar-refractivity contribution in [3.05, 3.63) is 60.2 Å². The van der Waals surface area contributed by atoms with Gasteiger partial charge in [-0.25, -0.2) is 4.68 Å². The van der Waals surface area contributed by atoms with Crippen LogP contribution in [0.1, 0.15) is 24.8 Å². The standard InChI is InChI=1S/C18H20N4O/c1-2-14(15-8-4-3-5-9-15)12-19-18(23)13-22-17-11-7-6-10-16(17)20-21-22/h3-11,14H,2,12-13H2,1H3,(H,19,23)/t14-/m1/s1. The number of nitrogens with zero attached hydrogens (tertiary/aromatic N) is 3. The molecule has 1 N–H and O–H groups in total. The zero-order valence-corrected chi connectivity index (χ0v) is 13.1. The van der Waals surface area contributed by atoms with Crippen LogP contribution in [0.25, 0.3) is 11.0 Å². The third-order valence-electron chi connectivity index (χ3n) is 4.02. The zero-order chi connectivity index (χ0) is 16.1. The molecule has 1 heterocycles. The fraction of sp³-hybridized carbons (Fsp3) is 0.278. The zero-order valence-electron chi connectivity index (χ0n) is 13.1. The molecule has 0 unspecified atom stereocenters. The van der Waals surface area contributed by atoms with Gasteiger partial charge in [-0.05, 0) is 24.1 Å². The van der Waals surface area contributed by atoms with Crippen molar-refractivity contribution in [2.75, 3.05) is 6.54 Å². The second-order valence-corrected chi connectivity index (χ2v) is 5.56. The molecule has 0 fully saturated rings. The summed E-state index contributed by atoms with van der Waals surface area (Å²) in [6, 6.07) is 17.9. The molecule has 0 radical (unpaired) electrons. The first-order valence-electron chi connectivity index (χ1n) is 7.87. The first-order chi connectivity index (χ1) is 11.3. The van der Waals surface area contributed by atoms with Gasteiger partial charge in [0.05, 0.1) is 5.52 Å². The van der Waals surface area contributed by atoms with Crippen LogP contribution in [-0.2, 0) is 11.3 Å². The van der Waals surface area contributed by atoms with Gasteiger partial charge < -0.3 is 5.32 Å². The first kappa shape index (κ1) is 15.2. The van der Waals surface area contributed by atoms with Gasteiger partial charge in [0.1, 0.15) is 12.1 Å². The van der Waals surface area contributed by atoms with Crippen molar-refractivity contribution >= 4 is 16.9 Å². The summed E-state index contributed by atoms with van der Waals surface area (Å²) >= 11 is 0. The average molecular weight is 308 g/mol. The molecule has 0 saturated carbocycles. The minimum Gasteiger partial charge on any atom is -0.354 e. The van der Waals surface area contributed by atoms with Crippen molar-refractivity contribution < 1.29 is 4.79 Å². The number of amides is 1. The highest BCUT2D eigenvalue weighted by molar-refractivity contribution is 5.79. The number of carbonyl (C=O) groups excluding carboxylic acids is 1. The minimum atomic E-state index is -0.0463. The van der Waals surface area contributed by atoms with Crippen LogP contribution >= 0.6 is 0 Å². The number of nitrogens with one attached hydrogen (secondary N) is 1. The van der Waals surface area contributed by atoms with Crippen molar-refractivity contribution in [3.63, 3.8) is 0 Å². The van der Waals surface area contributed by atoms with Crippen LogP contribution in [-0.4, -0.2) is 27.4 Å². The predicted molar refractivity (Wildman–Crippen MR) is 90.0 cm³/mol. The van der Waals surface area contributed by atoms with E-state index in [-0.39, 0.29) is 12.5 Å². The summed E-state index contributed by atoms with van der Waals surface area (Å²) in [7, 11) is 0. The molecule has 0 spiro atoms. The highest BCUT2D eigenvalue weighted by atomic mass is 16.2. The Morgan fingerprint density at radius 2 is 1.87 bits per heavy atom. The van der Waals surface area contributed by atoms with Gasteiger partial charge in [0.2, 0.25) is 5.91 Å². The molecule has 3 rings (SSSR count). The minimum absolute atomic E-state index is 0.0463. The lowest BCUT2D eigenvalue weighted by Gasteiger charge is -2.16. The normalized spacial score (nSPS) is 12.2. The maximum atomic E-state index is 12.2. The summed E-state index contributed by atoms with van der Waals surface area (Å²) in [6.45, 7) is 2.95. The molecular formula is C18H20N4O. The molecule has 2 aromatic carbocycles. The van der Waals surface area contributed by atoms with Crippen molar-refractivity contribution in [3.8, 4) is 0 Å². The third-order valence-corrected chi connectivity index (χ3v) is 4.02. The SMILES string of the molecule is CC[C@H](CNC(=O)Cn1nnc2ccccc21)c1ccccc1. The topological polar surface area (TPSA) is 59.8 Å². The maximum Gasteiger partial charge on any atom is 0.241 e. The van der Waals surface area contributed by atoms with Crippen LogP contribution in [0.5, 0.6) is 0 Å². The van der Waals surface area contributed by atoms with Gasteiger partial charge in [-0.15, -0.1) is 5.10 Å². The fourth-order valence-corrected chi connectivity index (χ4v) is 2.69. The van der Waals surface area contributed by atoms with Gasteiger partial charge in [-0.2, -0.15) is 0 Å². The largest absolute Gasteiger partial charge is 0.354 e. The van der Waals surface area contributed by atoms with Crippen LogP contribution in [0.15, 0.2) is 54.6 Å². The summed E-state index contributed by atoms with van der Waals surface area (Å²) in [5.41, 5.74) is 2.93. The number of rotatable bonds is 6. The van der Waals surface area contributed by atoms with E-state index in [0.717, 1.165) is 17.5 Å². The maximum absolute atomic E-state index is 12.2. The molecule has 0 aliphatic rings. The van der Waals surface area contributed by atoms with Crippen LogP contribution in [0.4, 0.5) is 0 Å². The summed E-state index contributed by atoms with van der Waals surface area (Å²) in [5.74, 6) is 0.280. The van der Waals surface area contributed by atoms with E-state index in [0.29, 0.717) is 12.5 Å². The van der Waals surface area contributed by atoms with Crippen LogP contribution < -0.4 is 5.32 Å². The van der Waals surface area contributed by atoms with E-state index in [1.807, 2.05) is 42.5 Å². The Kier molecular flexibility index (Phi) is 4.66. The predicted octanol–water partition coefficient (Wildman–Crippen LogP) is 2.74. The van der Waals surface area contributed by atoms with Crippen LogP contribution in [0, 0.1) is 0 Å². The van der Waals surface area contributed by atoms with E-state index >= 15 is 0 Å². The lowest BCUT2D eigenvalue weighted by Crippen LogP contribution is -2.31. The number of benzene rings is 2. The van der Waals surface area contributed by atoms with E-state index in [4.69, 9.17) is 0 Å². The van der Waals surface area contributed by atoms with Gasteiger partial charge >= 0.3 is 0 Å². The molecule has 23 heavy (non-hydrogen) atoms.